The van der Waals surface area contributed by atoms with Crippen molar-refractivity contribution in [3.63, 3.8) is 0 Å². The molecule has 0 bridgehead atoms. The van der Waals surface area contributed by atoms with Gasteiger partial charge in [0.1, 0.15) is 17.0 Å². The molecule has 0 amide bonds. The van der Waals surface area contributed by atoms with Crippen molar-refractivity contribution in [1.29, 1.82) is 0 Å². The minimum atomic E-state index is -0.440. The van der Waals surface area contributed by atoms with Crippen molar-refractivity contribution in [2.24, 2.45) is 0 Å². The van der Waals surface area contributed by atoms with Crippen LogP contribution < -0.4 is 4.74 Å². The van der Waals surface area contributed by atoms with E-state index < -0.39 is 5.97 Å². The first-order chi connectivity index (χ1) is 13.7. The fraction of sp³-hybridized carbons (Fsp3) is 0.158. The van der Waals surface area contributed by atoms with Crippen molar-refractivity contribution < 1.29 is 23.2 Å². The molecule has 0 aliphatic heterocycles. The Morgan fingerprint density at radius 2 is 1.93 bits per heavy atom. The maximum Gasteiger partial charge on any atom is 0.316 e. The summed E-state index contributed by atoms with van der Waals surface area (Å²) in [4.78, 5) is 20.5. The van der Waals surface area contributed by atoms with Crippen LogP contribution in [0.25, 0.3) is 22.5 Å². The number of aromatic nitrogens is 3. The van der Waals surface area contributed by atoms with Gasteiger partial charge in [-0.1, -0.05) is 41.2 Å². The Kier molecular flexibility index (Phi) is 5.24. The van der Waals surface area contributed by atoms with Gasteiger partial charge in [-0.05, 0) is 24.3 Å². The Morgan fingerprint density at radius 1 is 1.11 bits per heavy atom. The minimum absolute atomic E-state index is 0.0559. The van der Waals surface area contributed by atoms with Gasteiger partial charge in [0, 0.05) is 0 Å². The lowest BCUT2D eigenvalue weighted by Crippen LogP contribution is -2.07. The SMILES string of the molecule is COc1ccccc1-c1noc(COC(=O)CSc2nc3ccccc3o2)n1. The molecule has 0 unspecified atom stereocenters. The topological polar surface area (TPSA) is 100 Å². The van der Waals surface area contributed by atoms with Crippen LogP contribution >= 0.6 is 11.8 Å². The fourth-order valence-electron chi connectivity index (χ4n) is 2.47. The first-order valence-electron chi connectivity index (χ1n) is 8.33. The molecule has 142 valence electrons. The van der Waals surface area contributed by atoms with Gasteiger partial charge >= 0.3 is 5.97 Å². The molecule has 0 aliphatic rings. The maximum absolute atomic E-state index is 12.0. The molecule has 0 saturated carbocycles. The smallest absolute Gasteiger partial charge is 0.316 e. The molecule has 0 fully saturated rings. The number of oxazole rings is 1. The second-order valence-electron chi connectivity index (χ2n) is 5.61. The van der Waals surface area contributed by atoms with Crippen LogP contribution in [0, 0.1) is 0 Å². The summed E-state index contributed by atoms with van der Waals surface area (Å²) in [6.07, 6.45) is 0. The van der Waals surface area contributed by atoms with Crippen molar-refractivity contribution >= 4 is 28.8 Å². The highest BCUT2D eigenvalue weighted by Crippen LogP contribution is 2.27. The number of carbonyl (C=O) groups excluding carboxylic acids is 1. The Labute approximate surface area is 163 Å². The molecular weight excluding hydrogens is 382 g/mol. The number of benzene rings is 2. The van der Waals surface area contributed by atoms with Crippen LogP contribution in [0.5, 0.6) is 5.75 Å². The van der Waals surface area contributed by atoms with E-state index in [-0.39, 0.29) is 18.3 Å². The molecule has 0 atom stereocenters. The van der Waals surface area contributed by atoms with E-state index in [1.165, 1.54) is 0 Å². The van der Waals surface area contributed by atoms with Crippen molar-refractivity contribution in [2.45, 2.75) is 11.8 Å². The number of ether oxygens (including phenoxy) is 2. The minimum Gasteiger partial charge on any atom is -0.496 e. The maximum atomic E-state index is 12.0. The molecule has 0 aliphatic carbocycles. The van der Waals surface area contributed by atoms with Gasteiger partial charge in [0.2, 0.25) is 5.82 Å². The number of para-hydroxylation sites is 3. The number of thioether (sulfide) groups is 1. The van der Waals surface area contributed by atoms with Gasteiger partial charge in [-0.15, -0.1) is 0 Å². The Hall–Kier alpha value is -3.33. The lowest BCUT2D eigenvalue weighted by Gasteiger charge is -2.03. The average Bonchev–Trinajstić information content (AvgIpc) is 3.37. The first-order valence-corrected chi connectivity index (χ1v) is 9.31. The number of fused-ring (bicyclic) bond motifs is 1. The molecule has 9 heteroatoms. The number of nitrogens with zero attached hydrogens (tertiary/aromatic N) is 3. The molecule has 8 nitrogen and oxygen atoms in total. The van der Waals surface area contributed by atoms with E-state index >= 15 is 0 Å². The van der Waals surface area contributed by atoms with Crippen LogP contribution in [0.3, 0.4) is 0 Å². The van der Waals surface area contributed by atoms with Gasteiger partial charge in [0.05, 0.1) is 12.7 Å². The number of esters is 1. The van der Waals surface area contributed by atoms with Crippen LogP contribution in [0.1, 0.15) is 5.89 Å². The second-order valence-corrected chi connectivity index (χ2v) is 6.54. The zero-order valence-corrected chi connectivity index (χ0v) is 15.6. The number of hydrogen-bond acceptors (Lipinski definition) is 9. The summed E-state index contributed by atoms with van der Waals surface area (Å²) in [6.45, 7) is -0.116. The molecule has 2 heterocycles. The monoisotopic (exact) mass is 397 g/mol. The molecule has 4 rings (SSSR count). The van der Waals surface area contributed by atoms with Crippen LogP contribution in [-0.2, 0) is 16.1 Å². The van der Waals surface area contributed by atoms with Gasteiger partial charge in [-0.3, -0.25) is 4.79 Å². The van der Waals surface area contributed by atoms with Crippen molar-refractivity contribution in [2.75, 3.05) is 12.9 Å². The lowest BCUT2D eigenvalue weighted by atomic mass is 10.2. The third-order valence-electron chi connectivity index (χ3n) is 3.76. The highest BCUT2D eigenvalue weighted by atomic mass is 32.2. The quantitative estimate of drug-likeness (QED) is 0.341. The summed E-state index contributed by atoms with van der Waals surface area (Å²) < 4.78 is 21.1. The van der Waals surface area contributed by atoms with E-state index in [1.54, 1.807) is 13.2 Å². The molecule has 0 N–H and O–H groups in total. The van der Waals surface area contributed by atoms with E-state index in [9.17, 15) is 4.79 Å². The van der Waals surface area contributed by atoms with Gasteiger partial charge in [-0.2, -0.15) is 4.98 Å². The molecule has 2 aromatic heterocycles. The Bertz CT molecular complexity index is 1070. The highest BCUT2D eigenvalue weighted by Gasteiger charge is 2.15. The summed E-state index contributed by atoms with van der Waals surface area (Å²) >= 11 is 1.16. The molecular formula is C19H15N3O5S. The number of rotatable bonds is 7. The molecule has 0 saturated heterocycles. The van der Waals surface area contributed by atoms with Crippen LogP contribution in [0.15, 0.2) is 62.7 Å². The summed E-state index contributed by atoms with van der Waals surface area (Å²) in [6, 6.07) is 14.7. The summed E-state index contributed by atoms with van der Waals surface area (Å²) in [7, 11) is 1.57. The van der Waals surface area contributed by atoms with Gasteiger partial charge in [-0.25, -0.2) is 4.98 Å². The predicted molar refractivity (Wildman–Crippen MR) is 101 cm³/mol. The van der Waals surface area contributed by atoms with Crippen molar-refractivity contribution in [1.82, 2.24) is 15.1 Å². The zero-order valence-electron chi connectivity index (χ0n) is 14.8. The Morgan fingerprint density at radius 3 is 2.79 bits per heavy atom. The van der Waals surface area contributed by atoms with Gasteiger partial charge in [0.15, 0.2) is 12.2 Å². The van der Waals surface area contributed by atoms with E-state index in [0.717, 1.165) is 17.3 Å². The van der Waals surface area contributed by atoms with Gasteiger partial charge in [0.25, 0.3) is 11.1 Å². The van der Waals surface area contributed by atoms with E-state index in [4.69, 9.17) is 18.4 Å². The number of hydrogen-bond donors (Lipinski definition) is 0. The van der Waals surface area contributed by atoms with Crippen LogP contribution in [-0.4, -0.2) is 34.0 Å². The fourth-order valence-corrected chi connectivity index (χ4v) is 3.11. The molecule has 4 aromatic rings. The predicted octanol–water partition coefficient (Wildman–Crippen LogP) is 3.72. The molecule has 0 radical (unpaired) electrons. The highest BCUT2D eigenvalue weighted by molar-refractivity contribution is 7.99. The van der Waals surface area contributed by atoms with Gasteiger partial charge < -0.3 is 18.4 Å². The van der Waals surface area contributed by atoms with E-state index in [2.05, 4.69) is 15.1 Å². The summed E-state index contributed by atoms with van der Waals surface area (Å²) in [5.41, 5.74) is 2.11. The third-order valence-corrected chi connectivity index (χ3v) is 4.56. The van der Waals surface area contributed by atoms with E-state index in [0.29, 0.717) is 27.9 Å². The molecule has 0 spiro atoms. The van der Waals surface area contributed by atoms with Crippen molar-refractivity contribution in [3.05, 3.63) is 54.4 Å². The number of carbonyl (C=O) groups is 1. The van der Waals surface area contributed by atoms with Crippen LogP contribution in [0.2, 0.25) is 0 Å². The third kappa shape index (κ3) is 3.99. The van der Waals surface area contributed by atoms with Crippen LogP contribution in [0.4, 0.5) is 0 Å². The number of methoxy groups -OCH3 is 1. The van der Waals surface area contributed by atoms with Crippen molar-refractivity contribution in [3.8, 4) is 17.1 Å². The normalized spacial score (nSPS) is 10.9. The largest absolute Gasteiger partial charge is 0.496 e. The molecule has 28 heavy (non-hydrogen) atoms. The van der Waals surface area contributed by atoms with E-state index in [1.807, 2.05) is 42.5 Å². The molecule has 2 aromatic carbocycles. The summed E-state index contributed by atoms with van der Waals surface area (Å²) in [5.74, 6) is 0.802. The Balaban J connectivity index is 1.32. The average molecular weight is 397 g/mol. The second kappa shape index (κ2) is 8.13. The first kappa shape index (κ1) is 18.1. The standard InChI is InChI=1S/C19H15N3O5S/c1-24-14-8-4-2-6-12(14)18-21-16(27-22-18)10-25-17(23)11-28-19-20-13-7-3-5-9-15(13)26-19/h2-9H,10-11H2,1H3. The lowest BCUT2D eigenvalue weighted by molar-refractivity contribution is -0.142. The zero-order chi connectivity index (χ0) is 19.3. The summed E-state index contributed by atoms with van der Waals surface area (Å²) in [5, 5.41) is 4.31.